The van der Waals surface area contributed by atoms with Gasteiger partial charge >= 0.3 is 0 Å². The summed E-state index contributed by atoms with van der Waals surface area (Å²) < 4.78 is 33.5. The molecule has 0 N–H and O–H groups in total. The third kappa shape index (κ3) is 3.45. The molecule has 9 heteroatoms. The van der Waals surface area contributed by atoms with Gasteiger partial charge in [-0.15, -0.1) is 10.2 Å². The monoisotopic (exact) mass is 339 g/mol. The molecule has 0 amide bonds. The highest BCUT2D eigenvalue weighted by molar-refractivity contribution is 7.88. The van der Waals surface area contributed by atoms with Crippen LogP contribution in [0, 0.1) is 6.92 Å². The fourth-order valence-corrected chi connectivity index (χ4v) is 4.44. The minimum atomic E-state index is -3.36. The van der Waals surface area contributed by atoms with Gasteiger partial charge in [-0.2, -0.15) is 0 Å². The zero-order valence-electron chi connectivity index (χ0n) is 13.3. The van der Waals surface area contributed by atoms with Crippen LogP contribution >= 0.6 is 0 Å². The van der Waals surface area contributed by atoms with Gasteiger partial charge in [0.25, 0.3) is 0 Å². The molecule has 1 aliphatic heterocycles. The second-order valence-electron chi connectivity index (χ2n) is 5.83. The molecule has 23 heavy (non-hydrogen) atoms. The smallest absolute Gasteiger partial charge is 0.219 e. The van der Waals surface area contributed by atoms with Crippen LogP contribution in [0.25, 0.3) is 0 Å². The standard InChI is InChI=1S/C14H21N5O3S/c1-3-18-10-15-16-14(18)12-4-6-19(7-5-12)23(20,21)9-13-8-11(2)22-17-13/h8,10,12H,3-7,9H2,1-2H3. The number of piperidine rings is 1. The fraction of sp³-hybridized carbons (Fsp3) is 0.643. The highest BCUT2D eigenvalue weighted by atomic mass is 32.2. The lowest BCUT2D eigenvalue weighted by molar-refractivity contribution is 0.308. The summed E-state index contributed by atoms with van der Waals surface area (Å²) in [6, 6.07) is 1.66. The van der Waals surface area contributed by atoms with Gasteiger partial charge in [0.2, 0.25) is 10.0 Å². The van der Waals surface area contributed by atoms with Crippen molar-refractivity contribution in [2.75, 3.05) is 13.1 Å². The van der Waals surface area contributed by atoms with Gasteiger partial charge in [0.05, 0.1) is 0 Å². The maximum atomic E-state index is 12.5. The Hall–Kier alpha value is -1.74. The highest BCUT2D eigenvalue weighted by Gasteiger charge is 2.31. The van der Waals surface area contributed by atoms with Crippen LogP contribution < -0.4 is 0 Å². The Balaban J connectivity index is 1.64. The van der Waals surface area contributed by atoms with E-state index < -0.39 is 10.0 Å². The van der Waals surface area contributed by atoms with Crippen molar-refractivity contribution < 1.29 is 12.9 Å². The van der Waals surface area contributed by atoms with E-state index in [2.05, 4.69) is 15.4 Å². The molecule has 8 nitrogen and oxygen atoms in total. The first-order chi connectivity index (χ1) is 11.0. The molecule has 0 bridgehead atoms. The van der Waals surface area contributed by atoms with E-state index in [9.17, 15) is 8.42 Å². The molecule has 126 valence electrons. The normalized spacial score (nSPS) is 17.7. The fourth-order valence-electron chi connectivity index (χ4n) is 2.98. The first kappa shape index (κ1) is 16.1. The predicted octanol–water partition coefficient (Wildman–Crippen LogP) is 1.30. The molecule has 0 saturated carbocycles. The molecule has 0 unspecified atom stereocenters. The summed E-state index contributed by atoms with van der Waals surface area (Å²) in [6.45, 7) is 5.62. The van der Waals surface area contributed by atoms with Crippen molar-refractivity contribution in [1.29, 1.82) is 0 Å². The van der Waals surface area contributed by atoms with Gasteiger partial charge in [0.1, 0.15) is 29.4 Å². The Kier molecular flexibility index (Phi) is 4.49. The molecule has 3 heterocycles. The van der Waals surface area contributed by atoms with Crippen molar-refractivity contribution >= 4 is 10.0 Å². The van der Waals surface area contributed by atoms with Gasteiger partial charge < -0.3 is 9.09 Å². The lowest BCUT2D eigenvalue weighted by Crippen LogP contribution is -2.39. The molecule has 1 aliphatic rings. The van der Waals surface area contributed by atoms with Crippen LogP contribution in [0.1, 0.15) is 43.0 Å². The molecule has 3 rings (SSSR count). The number of aryl methyl sites for hydroxylation is 2. The van der Waals surface area contributed by atoms with E-state index in [1.165, 1.54) is 0 Å². The summed E-state index contributed by atoms with van der Waals surface area (Å²) >= 11 is 0. The van der Waals surface area contributed by atoms with Gasteiger partial charge in [0, 0.05) is 31.6 Å². The van der Waals surface area contributed by atoms with E-state index >= 15 is 0 Å². The molecule has 0 radical (unpaired) electrons. The van der Waals surface area contributed by atoms with Gasteiger partial charge in [0.15, 0.2) is 0 Å². The van der Waals surface area contributed by atoms with Crippen LogP contribution in [0.15, 0.2) is 16.9 Å². The SMILES string of the molecule is CCn1cnnc1C1CCN(S(=O)(=O)Cc2cc(C)on2)CC1. The van der Waals surface area contributed by atoms with Crippen molar-refractivity contribution in [2.24, 2.45) is 0 Å². The lowest BCUT2D eigenvalue weighted by Gasteiger charge is -2.30. The second-order valence-corrected chi connectivity index (χ2v) is 7.80. The summed E-state index contributed by atoms with van der Waals surface area (Å²) in [5.74, 6) is 1.72. The van der Waals surface area contributed by atoms with Crippen molar-refractivity contribution in [3.05, 3.63) is 29.7 Å². The summed E-state index contributed by atoms with van der Waals surface area (Å²) in [5.41, 5.74) is 0.454. The van der Waals surface area contributed by atoms with E-state index in [1.807, 2.05) is 11.5 Å². The zero-order valence-corrected chi connectivity index (χ0v) is 14.2. The molecule has 0 spiro atoms. The van der Waals surface area contributed by atoms with Gasteiger partial charge in [-0.1, -0.05) is 5.16 Å². The molecule has 0 aromatic carbocycles. The largest absolute Gasteiger partial charge is 0.361 e. The average molecular weight is 339 g/mol. The number of hydrogen-bond donors (Lipinski definition) is 0. The van der Waals surface area contributed by atoms with Crippen molar-refractivity contribution in [3.63, 3.8) is 0 Å². The summed E-state index contributed by atoms with van der Waals surface area (Å²) in [5, 5.41) is 11.9. The third-order valence-electron chi connectivity index (χ3n) is 4.21. The Morgan fingerprint density at radius 2 is 2.09 bits per heavy atom. The first-order valence-corrected chi connectivity index (χ1v) is 9.38. The topological polar surface area (TPSA) is 94.1 Å². The Morgan fingerprint density at radius 1 is 1.35 bits per heavy atom. The summed E-state index contributed by atoms with van der Waals surface area (Å²) in [6.07, 6.45) is 3.25. The summed E-state index contributed by atoms with van der Waals surface area (Å²) in [7, 11) is -3.36. The molecule has 0 atom stereocenters. The maximum Gasteiger partial charge on any atom is 0.219 e. The minimum Gasteiger partial charge on any atom is -0.361 e. The van der Waals surface area contributed by atoms with Crippen LogP contribution in [0.3, 0.4) is 0 Å². The van der Waals surface area contributed by atoms with Crippen molar-refractivity contribution in [2.45, 2.75) is 44.9 Å². The number of nitrogens with zero attached hydrogens (tertiary/aromatic N) is 5. The van der Waals surface area contributed by atoms with Gasteiger partial charge in [-0.3, -0.25) is 0 Å². The second kappa shape index (κ2) is 6.40. The van der Waals surface area contributed by atoms with E-state index in [1.54, 1.807) is 23.6 Å². The number of hydrogen-bond acceptors (Lipinski definition) is 6. The van der Waals surface area contributed by atoms with Crippen LogP contribution in [0.2, 0.25) is 0 Å². The van der Waals surface area contributed by atoms with Crippen LogP contribution in [-0.4, -0.2) is 45.7 Å². The number of aromatic nitrogens is 4. The van der Waals surface area contributed by atoms with Gasteiger partial charge in [-0.05, 0) is 26.7 Å². The van der Waals surface area contributed by atoms with E-state index in [0.29, 0.717) is 24.5 Å². The quantitative estimate of drug-likeness (QED) is 0.815. The Morgan fingerprint density at radius 3 is 2.70 bits per heavy atom. The summed E-state index contributed by atoms with van der Waals surface area (Å²) in [4.78, 5) is 0. The van der Waals surface area contributed by atoms with Crippen molar-refractivity contribution in [1.82, 2.24) is 24.2 Å². The molecule has 1 saturated heterocycles. The molecule has 2 aromatic rings. The van der Waals surface area contributed by atoms with Crippen LogP contribution in [0.5, 0.6) is 0 Å². The highest BCUT2D eigenvalue weighted by Crippen LogP contribution is 2.28. The molecular formula is C14H21N5O3S. The van der Waals surface area contributed by atoms with E-state index in [4.69, 9.17) is 4.52 Å². The maximum absolute atomic E-state index is 12.5. The predicted molar refractivity (Wildman–Crippen MR) is 83.1 cm³/mol. The van der Waals surface area contributed by atoms with Crippen LogP contribution in [-0.2, 0) is 22.3 Å². The molecular weight excluding hydrogens is 318 g/mol. The molecule has 0 aliphatic carbocycles. The number of sulfonamides is 1. The van der Waals surface area contributed by atoms with Crippen LogP contribution in [0.4, 0.5) is 0 Å². The lowest BCUT2D eigenvalue weighted by atomic mass is 9.97. The zero-order chi connectivity index (χ0) is 16.4. The molecule has 1 fully saturated rings. The first-order valence-electron chi connectivity index (χ1n) is 7.77. The Labute approximate surface area is 135 Å². The average Bonchev–Trinajstić information content (AvgIpc) is 3.15. The Bertz CT molecular complexity index is 759. The van der Waals surface area contributed by atoms with Gasteiger partial charge in [-0.25, -0.2) is 12.7 Å². The molecule has 2 aromatic heterocycles. The minimum absolute atomic E-state index is 0.111. The van der Waals surface area contributed by atoms with E-state index in [0.717, 1.165) is 25.2 Å². The number of rotatable bonds is 5. The van der Waals surface area contributed by atoms with Crippen molar-refractivity contribution in [3.8, 4) is 0 Å². The third-order valence-corrected chi connectivity index (χ3v) is 6.02. The van der Waals surface area contributed by atoms with E-state index in [-0.39, 0.29) is 11.7 Å².